The first-order valence-corrected chi connectivity index (χ1v) is 3.51. The molecule has 0 bridgehead atoms. The summed E-state index contributed by atoms with van der Waals surface area (Å²) in [5, 5.41) is 3.63. The van der Waals surface area contributed by atoms with Crippen molar-refractivity contribution in [2.24, 2.45) is 5.10 Å². The molecule has 60 valence electrons. The molecule has 0 fully saturated rings. The Morgan fingerprint density at radius 3 is 2.64 bits per heavy atom. The molecule has 0 unspecified atom stereocenters. The second-order valence-corrected chi connectivity index (χ2v) is 1.48. The Hall–Kier alpha value is -1.38. The van der Waals surface area contributed by atoms with E-state index < -0.39 is 0 Å². The molecule has 3 nitrogen and oxygen atoms in total. The van der Waals surface area contributed by atoms with Crippen molar-refractivity contribution in [3.05, 3.63) is 24.8 Å². The average Bonchev–Trinajstić information content (AvgIpc) is 2.54. The maximum Gasteiger partial charge on any atom is 0.152 e. The zero-order valence-corrected chi connectivity index (χ0v) is 6.99. The lowest BCUT2D eigenvalue weighted by atomic mass is 10.6. The minimum Gasteiger partial charge on any atom is -0.236 e. The highest BCUT2D eigenvalue weighted by Crippen LogP contribution is 1.96. The lowest BCUT2D eigenvalue weighted by Crippen LogP contribution is -1.87. The van der Waals surface area contributed by atoms with Crippen LogP contribution >= 0.6 is 0 Å². The molecule has 0 aliphatic heterocycles. The molecule has 0 saturated carbocycles. The summed E-state index contributed by atoms with van der Waals surface area (Å²) >= 11 is 0. The highest BCUT2D eigenvalue weighted by molar-refractivity contribution is 5.37. The van der Waals surface area contributed by atoms with Crippen LogP contribution in [0.15, 0.2) is 24.1 Å². The van der Waals surface area contributed by atoms with Gasteiger partial charge in [0.15, 0.2) is 5.82 Å². The fourth-order valence-electron chi connectivity index (χ4n) is 0.574. The van der Waals surface area contributed by atoms with Crippen molar-refractivity contribution in [3.8, 4) is 0 Å². The van der Waals surface area contributed by atoms with Crippen molar-refractivity contribution in [1.82, 2.24) is 9.66 Å². The highest BCUT2D eigenvalue weighted by Gasteiger charge is 1.90. The standard InChI is InChI=1S/C6H7N3.C2H6/c1-3-6-8-4-5-9(6)7-2;1-2/h3-5H,1-2H2;1-2H3. The van der Waals surface area contributed by atoms with Crippen molar-refractivity contribution in [1.29, 1.82) is 0 Å². The number of rotatable bonds is 2. The van der Waals surface area contributed by atoms with E-state index in [1.807, 2.05) is 13.8 Å². The normalized spacial score (nSPS) is 7.82. The van der Waals surface area contributed by atoms with Gasteiger partial charge in [0.25, 0.3) is 0 Å². The molecule has 0 spiro atoms. The van der Waals surface area contributed by atoms with E-state index in [0.717, 1.165) is 0 Å². The fourth-order valence-corrected chi connectivity index (χ4v) is 0.574. The van der Waals surface area contributed by atoms with Gasteiger partial charge in [-0.05, 0) is 6.08 Å². The van der Waals surface area contributed by atoms with Crippen LogP contribution in [-0.4, -0.2) is 16.4 Å². The Morgan fingerprint density at radius 2 is 2.27 bits per heavy atom. The van der Waals surface area contributed by atoms with Crippen LogP contribution in [0.3, 0.4) is 0 Å². The SMILES string of the molecule is C=Cc1nccn1N=C.CC. The molecule has 0 aliphatic rings. The predicted octanol–water partition coefficient (Wildman–Crippen LogP) is 2.02. The van der Waals surface area contributed by atoms with Gasteiger partial charge in [-0.25, -0.2) is 9.66 Å². The van der Waals surface area contributed by atoms with Crippen molar-refractivity contribution in [3.63, 3.8) is 0 Å². The van der Waals surface area contributed by atoms with Gasteiger partial charge in [0.2, 0.25) is 0 Å². The van der Waals surface area contributed by atoms with Crippen LogP contribution in [0.25, 0.3) is 6.08 Å². The monoisotopic (exact) mass is 151 g/mol. The van der Waals surface area contributed by atoms with Crippen LogP contribution in [0.5, 0.6) is 0 Å². The van der Waals surface area contributed by atoms with Gasteiger partial charge in [0.1, 0.15) is 0 Å². The van der Waals surface area contributed by atoms with Crippen LogP contribution in [0, 0.1) is 0 Å². The second-order valence-electron chi connectivity index (χ2n) is 1.48. The molecule has 1 rings (SSSR count). The lowest BCUT2D eigenvalue weighted by molar-refractivity contribution is 0.872. The maximum atomic E-state index is 3.92. The predicted molar refractivity (Wildman–Crippen MR) is 48.6 cm³/mol. The van der Waals surface area contributed by atoms with E-state index in [1.54, 1.807) is 23.1 Å². The number of imidazole rings is 1. The molecule has 0 N–H and O–H groups in total. The Bertz CT molecular complexity index is 202. The van der Waals surface area contributed by atoms with Crippen LogP contribution in [0.4, 0.5) is 0 Å². The van der Waals surface area contributed by atoms with Crippen molar-refractivity contribution >= 4 is 12.8 Å². The highest BCUT2D eigenvalue weighted by atomic mass is 15.4. The van der Waals surface area contributed by atoms with Crippen molar-refractivity contribution in [2.75, 3.05) is 0 Å². The molecule has 0 radical (unpaired) electrons. The van der Waals surface area contributed by atoms with Gasteiger partial charge in [0, 0.05) is 19.1 Å². The zero-order chi connectivity index (χ0) is 8.69. The quantitative estimate of drug-likeness (QED) is 0.595. The Labute approximate surface area is 67.1 Å². The van der Waals surface area contributed by atoms with Crippen molar-refractivity contribution < 1.29 is 0 Å². The zero-order valence-electron chi connectivity index (χ0n) is 6.99. The van der Waals surface area contributed by atoms with E-state index in [1.165, 1.54) is 0 Å². The Balaban J connectivity index is 0.000000461. The second kappa shape index (κ2) is 5.41. The van der Waals surface area contributed by atoms with E-state index >= 15 is 0 Å². The number of nitrogens with zero attached hydrogens (tertiary/aromatic N) is 3. The van der Waals surface area contributed by atoms with Crippen LogP contribution in [-0.2, 0) is 0 Å². The lowest BCUT2D eigenvalue weighted by Gasteiger charge is -1.90. The number of hydrogen-bond acceptors (Lipinski definition) is 2. The van der Waals surface area contributed by atoms with E-state index in [2.05, 4.69) is 23.4 Å². The molecule has 1 heterocycles. The molecule has 0 aliphatic carbocycles. The molecule has 1 aromatic rings. The largest absolute Gasteiger partial charge is 0.236 e. The molecule has 11 heavy (non-hydrogen) atoms. The summed E-state index contributed by atoms with van der Waals surface area (Å²) in [6.07, 6.45) is 4.98. The molecule has 0 aromatic carbocycles. The average molecular weight is 151 g/mol. The molecule has 0 atom stereocenters. The third-order valence-electron chi connectivity index (χ3n) is 0.984. The molecule has 0 saturated heterocycles. The van der Waals surface area contributed by atoms with Gasteiger partial charge in [-0.3, -0.25) is 0 Å². The van der Waals surface area contributed by atoms with Crippen molar-refractivity contribution in [2.45, 2.75) is 13.8 Å². The first kappa shape index (κ1) is 9.62. The molecular formula is C8H13N3. The van der Waals surface area contributed by atoms with Gasteiger partial charge in [-0.15, -0.1) is 0 Å². The Morgan fingerprint density at radius 1 is 1.64 bits per heavy atom. The molecule has 3 heteroatoms. The van der Waals surface area contributed by atoms with Crippen LogP contribution < -0.4 is 0 Å². The van der Waals surface area contributed by atoms with E-state index in [9.17, 15) is 0 Å². The van der Waals surface area contributed by atoms with Gasteiger partial charge in [-0.2, -0.15) is 5.10 Å². The van der Waals surface area contributed by atoms with Gasteiger partial charge >= 0.3 is 0 Å². The summed E-state index contributed by atoms with van der Waals surface area (Å²) in [5.74, 6) is 0.713. The Kier molecular flexibility index (Phi) is 4.73. The molecule has 1 aromatic heterocycles. The topological polar surface area (TPSA) is 30.2 Å². The maximum absolute atomic E-state index is 3.92. The first-order chi connectivity index (χ1) is 5.38. The van der Waals surface area contributed by atoms with Gasteiger partial charge < -0.3 is 0 Å². The number of aromatic nitrogens is 2. The van der Waals surface area contributed by atoms with E-state index in [0.29, 0.717) is 5.82 Å². The summed E-state index contributed by atoms with van der Waals surface area (Å²) in [7, 11) is 0. The van der Waals surface area contributed by atoms with Gasteiger partial charge in [0.05, 0.1) is 0 Å². The summed E-state index contributed by atoms with van der Waals surface area (Å²) in [5.41, 5.74) is 0. The minimum absolute atomic E-state index is 0.713. The van der Waals surface area contributed by atoms with Gasteiger partial charge in [-0.1, -0.05) is 20.4 Å². The van der Waals surface area contributed by atoms with Crippen LogP contribution in [0.2, 0.25) is 0 Å². The summed E-state index contributed by atoms with van der Waals surface area (Å²) < 4.78 is 1.55. The van der Waals surface area contributed by atoms with E-state index in [4.69, 9.17) is 0 Å². The van der Waals surface area contributed by atoms with E-state index in [-0.39, 0.29) is 0 Å². The molecule has 0 amide bonds. The third kappa shape index (κ3) is 2.37. The number of hydrogen-bond donors (Lipinski definition) is 0. The fraction of sp³-hybridized carbons (Fsp3) is 0.250. The summed E-state index contributed by atoms with van der Waals surface area (Å²) in [6.45, 7) is 10.9. The third-order valence-corrected chi connectivity index (χ3v) is 0.984. The van der Waals surface area contributed by atoms with Crippen LogP contribution in [0.1, 0.15) is 19.7 Å². The molecular weight excluding hydrogens is 138 g/mol. The smallest absolute Gasteiger partial charge is 0.152 e. The summed E-state index contributed by atoms with van der Waals surface area (Å²) in [6, 6.07) is 0. The summed E-state index contributed by atoms with van der Waals surface area (Å²) in [4.78, 5) is 3.92. The first-order valence-electron chi connectivity index (χ1n) is 3.51. The minimum atomic E-state index is 0.713.